The molecule has 2 heterocycles. The molecular weight excluding hydrogens is 492 g/mol. The highest BCUT2D eigenvalue weighted by molar-refractivity contribution is 5.94. The molecule has 37 heavy (non-hydrogen) atoms. The number of aromatic nitrogens is 1. The zero-order chi connectivity index (χ0) is 26.6. The lowest BCUT2D eigenvalue weighted by atomic mass is 10.0. The predicted molar refractivity (Wildman–Crippen MR) is 133 cm³/mol. The first-order valence-electron chi connectivity index (χ1n) is 11.7. The van der Waals surface area contributed by atoms with Gasteiger partial charge in [0, 0.05) is 23.2 Å². The lowest BCUT2D eigenvalue weighted by Gasteiger charge is -2.28. The van der Waals surface area contributed by atoms with Crippen molar-refractivity contribution in [1.82, 2.24) is 9.88 Å². The number of aliphatic hydroxyl groups is 2. The van der Waals surface area contributed by atoms with Gasteiger partial charge in [0.1, 0.15) is 18.5 Å². The van der Waals surface area contributed by atoms with Crippen LogP contribution in [0.25, 0.3) is 10.9 Å². The SMILES string of the molecule is COc1cc(C(O)O)ccc1NCC#Cc1cc2c(N[C@@H]3CCNC[C@@H]3F)cccc2n1CC(F)(F)F. The van der Waals surface area contributed by atoms with Crippen LogP contribution in [0.1, 0.15) is 24.0 Å². The molecule has 0 bridgehead atoms. The molecule has 7 nitrogen and oxygen atoms in total. The number of ether oxygens (including phenoxy) is 1. The summed E-state index contributed by atoms with van der Waals surface area (Å²) < 4.78 is 61.0. The van der Waals surface area contributed by atoms with Gasteiger partial charge in [0.25, 0.3) is 0 Å². The van der Waals surface area contributed by atoms with Crippen molar-refractivity contribution < 1.29 is 32.5 Å². The van der Waals surface area contributed by atoms with Gasteiger partial charge in [0.05, 0.1) is 36.6 Å². The molecule has 0 spiro atoms. The molecule has 0 radical (unpaired) electrons. The first-order valence-corrected chi connectivity index (χ1v) is 11.7. The van der Waals surface area contributed by atoms with Gasteiger partial charge in [-0.25, -0.2) is 4.39 Å². The number of piperidine rings is 1. The zero-order valence-corrected chi connectivity index (χ0v) is 20.1. The Balaban J connectivity index is 1.60. The van der Waals surface area contributed by atoms with Gasteiger partial charge in [-0.05, 0) is 49.2 Å². The van der Waals surface area contributed by atoms with Crippen LogP contribution in [0.4, 0.5) is 28.9 Å². The van der Waals surface area contributed by atoms with E-state index in [1.54, 1.807) is 30.3 Å². The first-order chi connectivity index (χ1) is 17.7. The maximum absolute atomic E-state index is 14.4. The molecule has 1 fully saturated rings. The fourth-order valence-electron chi connectivity index (χ4n) is 4.34. The summed E-state index contributed by atoms with van der Waals surface area (Å²) in [4.78, 5) is 0. The van der Waals surface area contributed by atoms with Crippen LogP contribution in [0.15, 0.2) is 42.5 Å². The van der Waals surface area contributed by atoms with Gasteiger partial charge in [-0.3, -0.25) is 0 Å². The molecule has 1 aromatic heterocycles. The van der Waals surface area contributed by atoms with E-state index in [-0.39, 0.29) is 24.3 Å². The number of nitrogens with one attached hydrogen (secondary N) is 3. The van der Waals surface area contributed by atoms with Crippen LogP contribution in [-0.4, -0.2) is 59.9 Å². The number of hydrogen-bond donors (Lipinski definition) is 5. The Hall–Kier alpha value is -3.46. The second-order valence-corrected chi connectivity index (χ2v) is 8.72. The van der Waals surface area contributed by atoms with E-state index < -0.39 is 31.2 Å². The molecule has 0 amide bonds. The van der Waals surface area contributed by atoms with Crippen molar-refractivity contribution in [2.24, 2.45) is 0 Å². The van der Waals surface area contributed by atoms with Crippen molar-refractivity contribution >= 4 is 22.3 Å². The summed E-state index contributed by atoms with van der Waals surface area (Å²) in [5, 5.41) is 28.3. The van der Waals surface area contributed by atoms with Crippen LogP contribution in [-0.2, 0) is 6.54 Å². The first kappa shape index (κ1) is 26.6. The van der Waals surface area contributed by atoms with Crippen LogP contribution >= 0.6 is 0 Å². The smallest absolute Gasteiger partial charge is 0.406 e. The summed E-state index contributed by atoms with van der Waals surface area (Å²) >= 11 is 0. The molecule has 2 atom stereocenters. The van der Waals surface area contributed by atoms with E-state index in [1.807, 2.05) is 0 Å². The number of alkyl halides is 4. The normalized spacial score (nSPS) is 17.9. The topological polar surface area (TPSA) is 90.7 Å². The molecule has 1 aliphatic heterocycles. The van der Waals surface area contributed by atoms with Crippen molar-refractivity contribution in [2.75, 3.05) is 37.4 Å². The number of benzene rings is 2. The van der Waals surface area contributed by atoms with Gasteiger partial charge in [-0.2, -0.15) is 13.2 Å². The van der Waals surface area contributed by atoms with Crippen molar-refractivity contribution in [2.45, 2.75) is 37.6 Å². The van der Waals surface area contributed by atoms with E-state index in [1.165, 1.54) is 19.2 Å². The number of rotatable bonds is 7. The van der Waals surface area contributed by atoms with Gasteiger partial charge < -0.3 is 35.5 Å². The molecule has 1 saturated heterocycles. The van der Waals surface area contributed by atoms with E-state index in [0.29, 0.717) is 41.0 Å². The minimum absolute atomic E-state index is 0.0919. The number of hydrogen-bond acceptors (Lipinski definition) is 6. The second kappa shape index (κ2) is 11.3. The van der Waals surface area contributed by atoms with E-state index in [0.717, 1.165) is 4.57 Å². The van der Waals surface area contributed by atoms with Crippen molar-refractivity contribution in [3.8, 4) is 17.6 Å². The predicted octanol–water partition coefficient (Wildman–Crippen LogP) is 3.77. The molecule has 11 heteroatoms. The lowest BCUT2D eigenvalue weighted by molar-refractivity contribution is -0.140. The van der Waals surface area contributed by atoms with Crippen LogP contribution < -0.4 is 20.7 Å². The standard InChI is InChI=1S/C26H28F4N4O3/c1-37-24-12-16(25(35)36)7-8-22(24)32-10-3-4-17-13-18-20(33-21-9-11-31-14-19(21)27)5-2-6-23(18)34(17)15-26(28,29)30/h2,5-8,12-13,19,21,25,31-33,35-36H,9-11,14-15H2,1H3/t19-,21+/m0/s1. The molecule has 0 unspecified atom stereocenters. The Morgan fingerprint density at radius 3 is 2.70 bits per heavy atom. The highest BCUT2D eigenvalue weighted by Crippen LogP contribution is 2.31. The molecular formula is C26H28F4N4O3. The van der Waals surface area contributed by atoms with Gasteiger partial charge in [-0.1, -0.05) is 18.1 Å². The summed E-state index contributed by atoms with van der Waals surface area (Å²) in [6.45, 7) is -0.245. The number of halogens is 4. The minimum atomic E-state index is -4.46. The molecule has 0 saturated carbocycles. The van der Waals surface area contributed by atoms with Crippen molar-refractivity contribution in [1.29, 1.82) is 0 Å². The molecule has 0 aliphatic carbocycles. The third-order valence-electron chi connectivity index (χ3n) is 6.14. The number of aliphatic hydroxyl groups excluding tert-OH is 1. The highest BCUT2D eigenvalue weighted by Gasteiger charge is 2.30. The second-order valence-electron chi connectivity index (χ2n) is 8.72. The summed E-state index contributed by atoms with van der Waals surface area (Å²) in [7, 11) is 1.43. The molecule has 3 aromatic rings. The minimum Gasteiger partial charge on any atom is -0.495 e. The number of fused-ring (bicyclic) bond motifs is 1. The van der Waals surface area contributed by atoms with Crippen LogP contribution in [0.5, 0.6) is 5.75 Å². The third kappa shape index (κ3) is 6.46. The fourth-order valence-corrected chi connectivity index (χ4v) is 4.34. The van der Waals surface area contributed by atoms with Gasteiger partial charge in [0.2, 0.25) is 0 Å². The van der Waals surface area contributed by atoms with Crippen LogP contribution in [0.2, 0.25) is 0 Å². The Bertz CT molecular complexity index is 1300. The third-order valence-corrected chi connectivity index (χ3v) is 6.14. The van der Waals surface area contributed by atoms with Crippen molar-refractivity contribution in [3.05, 3.63) is 53.7 Å². The Kier molecular flexibility index (Phi) is 8.12. The van der Waals surface area contributed by atoms with E-state index in [9.17, 15) is 27.8 Å². The Labute approximate surface area is 211 Å². The van der Waals surface area contributed by atoms with E-state index in [2.05, 4.69) is 27.8 Å². The van der Waals surface area contributed by atoms with E-state index >= 15 is 0 Å². The largest absolute Gasteiger partial charge is 0.495 e. The molecule has 1 aliphatic rings. The molecule has 198 valence electrons. The average molecular weight is 521 g/mol. The van der Waals surface area contributed by atoms with Crippen LogP contribution in [0, 0.1) is 11.8 Å². The monoisotopic (exact) mass is 520 g/mol. The number of anilines is 2. The number of nitrogens with zero attached hydrogens (tertiary/aromatic N) is 1. The van der Waals surface area contributed by atoms with Gasteiger partial charge >= 0.3 is 6.18 Å². The van der Waals surface area contributed by atoms with Crippen molar-refractivity contribution in [3.63, 3.8) is 0 Å². The maximum atomic E-state index is 14.4. The van der Waals surface area contributed by atoms with Crippen LogP contribution in [0.3, 0.4) is 0 Å². The molecule has 4 rings (SSSR count). The quantitative estimate of drug-likeness (QED) is 0.185. The van der Waals surface area contributed by atoms with Gasteiger partial charge in [-0.15, -0.1) is 0 Å². The highest BCUT2D eigenvalue weighted by atomic mass is 19.4. The van der Waals surface area contributed by atoms with Gasteiger partial charge in [0.15, 0.2) is 6.29 Å². The lowest BCUT2D eigenvalue weighted by Crippen LogP contribution is -2.45. The van der Waals surface area contributed by atoms with E-state index in [4.69, 9.17) is 4.74 Å². The fraction of sp³-hybridized carbons (Fsp3) is 0.385. The molecule has 2 aromatic carbocycles. The number of methoxy groups -OCH3 is 1. The zero-order valence-electron chi connectivity index (χ0n) is 20.1. The summed E-state index contributed by atoms with van der Waals surface area (Å²) in [6, 6.07) is 10.7. The average Bonchev–Trinajstić information content (AvgIpc) is 3.19. The Morgan fingerprint density at radius 1 is 1.19 bits per heavy atom. The summed E-state index contributed by atoms with van der Waals surface area (Å²) in [6.07, 6.45) is -6.67. The summed E-state index contributed by atoms with van der Waals surface area (Å²) in [5.74, 6) is 6.02. The summed E-state index contributed by atoms with van der Waals surface area (Å²) in [5.41, 5.74) is 1.87. The maximum Gasteiger partial charge on any atom is 0.406 e. The molecule has 5 N–H and O–H groups in total. The Morgan fingerprint density at radius 2 is 2.00 bits per heavy atom.